The van der Waals surface area contributed by atoms with Crippen molar-refractivity contribution in [2.75, 3.05) is 0 Å². The second-order valence-electron chi connectivity index (χ2n) is 3.67. The van der Waals surface area contributed by atoms with Crippen LogP contribution >= 0.6 is 12.6 Å². The van der Waals surface area contributed by atoms with Crippen LogP contribution in [0.5, 0.6) is 0 Å². The number of hydrogen-bond acceptors (Lipinski definition) is 3. The molecule has 0 saturated carbocycles. The first-order valence-electron chi connectivity index (χ1n) is 4.67. The number of carboxylic acids is 1. The largest absolute Gasteiger partial charge is 0.480 e. The SMILES string of the molecule is Cc1ccc(C)c(C(S)C(N)C(=O)O)c1. The predicted molar refractivity (Wildman–Crippen MR) is 63.3 cm³/mol. The lowest BCUT2D eigenvalue weighted by atomic mass is 9.99. The van der Waals surface area contributed by atoms with Gasteiger partial charge in [-0.1, -0.05) is 23.8 Å². The van der Waals surface area contributed by atoms with Crippen LogP contribution in [0.25, 0.3) is 0 Å². The Labute approximate surface area is 94.7 Å². The molecule has 1 rings (SSSR count). The minimum absolute atomic E-state index is 0.470. The fourth-order valence-electron chi connectivity index (χ4n) is 1.41. The van der Waals surface area contributed by atoms with Gasteiger partial charge >= 0.3 is 5.97 Å². The Morgan fingerprint density at radius 3 is 2.60 bits per heavy atom. The van der Waals surface area contributed by atoms with Crippen LogP contribution in [0, 0.1) is 13.8 Å². The third kappa shape index (κ3) is 2.73. The van der Waals surface area contributed by atoms with Crippen LogP contribution in [0.3, 0.4) is 0 Å². The molecule has 4 heteroatoms. The summed E-state index contributed by atoms with van der Waals surface area (Å²) in [6.07, 6.45) is 0. The highest BCUT2D eigenvalue weighted by molar-refractivity contribution is 7.80. The highest BCUT2D eigenvalue weighted by Gasteiger charge is 2.23. The average molecular weight is 225 g/mol. The third-order valence-corrected chi connectivity index (χ3v) is 2.98. The lowest BCUT2D eigenvalue weighted by Crippen LogP contribution is -2.34. The second kappa shape index (κ2) is 4.68. The van der Waals surface area contributed by atoms with E-state index in [0.717, 1.165) is 16.7 Å². The Balaban J connectivity index is 3.04. The van der Waals surface area contributed by atoms with E-state index in [0.29, 0.717) is 0 Å². The molecule has 0 saturated heterocycles. The molecule has 1 aromatic carbocycles. The summed E-state index contributed by atoms with van der Waals surface area (Å²) in [5, 5.41) is 8.33. The fraction of sp³-hybridized carbons (Fsp3) is 0.364. The van der Waals surface area contributed by atoms with Crippen molar-refractivity contribution >= 4 is 18.6 Å². The van der Waals surface area contributed by atoms with E-state index >= 15 is 0 Å². The van der Waals surface area contributed by atoms with Crippen molar-refractivity contribution in [3.63, 3.8) is 0 Å². The van der Waals surface area contributed by atoms with Crippen LogP contribution in [0.2, 0.25) is 0 Å². The number of nitrogens with two attached hydrogens (primary N) is 1. The summed E-state index contributed by atoms with van der Waals surface area (Å²) in [7, 11) is 0. The molecular formula is C11H15NO2S. The first-order chi connectivity index (χ1) is 6.93. The maximum Gasteiger partial charge on any atom is 0.321 e. The van der Waals surface area contributed by atoms with E-state index in [2.05, 4.69) is 12.6 Å². The number of rotatable bonds is 3. The Kier molecular flexibility index (Phi) is 3.77. The molecule has 3 N–H and O–H groups in total. The quantitative estimate of drug-likeness (QED) is 0.686. The first-order valence-corrected chi connectivity index (χ1v) is 5.18. The zero-order valence-electron chi connectivity index (χ0n) is 8.77. The molecule has 0 aromatic heterocycles. The van der Waals surface area contributed by atoms with Crippen molar-refractivity contribution in [1.29, 1.82) is 0 Å². The van der Waals surface area contributed by atoms with Gasteiger partial charge in [-0.3, -0.25) is 4.79 Å². The van der Waals surface area contributed by atoms with Crippen molar-refractivity contribution in [3.8, 4) is 0 Å². The minimum atomic E-state index is -1.03. The molecule has 0 amide bonds. The molecule has 0 fully saturated rings. The summed E-state index contributed by atoms with van der Waals surface area (Å²) < 4.78 is 0. The summed E-state index contributed by atoms with van der Waals surface area (Å²) in [5.74, 6) is -1.03. The lowest BCUT2D eigenvalue weighted by Gasteiger charge is -2.18. The summed E-state index contributed by atoms with van der Waals surface area (Å²) in [6, 6.07) is 4.87. The molecule has 0 radical (unpaired) electrons. The van der Waals surface area contributed by atoms with Crippen LogP contribution in [-0.4, -0.2) is 17.1 Å². The maximum absolute atomic E-state index is 10.7. The molecule has 1 aromatic rings. The predicted octanol–water partition coefficient (Wildman–Crippen LogP) is 1.69. The highest BCUT2D eigenvalue weighted by atomic mass is 32.1. The summed E-state index contributed by atoms with van der Waals surface area (Å²) in [4.78, 5) is 10.7. The number of aryl methyl sites for hydroxylation is 2. The van der Waals surface area contributed by atoms with Gasteiger partial charge in [0.25, 0.3) is 0 Å². The Bertz CT molecular complexity index is 379. The van der Waals surface area contributed by atoms with Gasteiger partial charge in [-0.15, -0.1) is 0 Å². The van der Waals surface area contributed by atoms with Crippen LogP contribution < -0.4 is 5.73 Å². The van der Waals surface area contributed by atoms with E-state index in [1.165, 1.54) is 0 Å². The van der Waals surface area contributed by atoms with Crippen LogP contribution in [0.1, 0.15) is 21.9 Å². The number of carbonyl (C=O) groups is 1. The van der Waals surface area contributed by atoms with Gasteiger partial charge in [0.2, 0.25) is 0 Å². The van der Waals surface area contributed by atoms with Crippen molar-refractivity contribution in [2.24, 2.45) is 5.73 Å². The second-order valence-corrected chi connectivity index (χ2v) is 4.23. The molecular weight excluding hydrogens is 210 g/mol. The summed E-state index contributed by atoms with van der Waals surface area (Å²) in [6.45, 7) is 3.88. The molecule has 15 heavy (non-hydrogen) atoms. The van der Waals surface area contributed by atoms with Gasteiger partial charge in [0.05, 0.1) is 5.25 Å². The van der Waals surface area contributed by atoms with Crippen LogP contribution in [-0.2, 0) is 4.79 Å². The maximum atomic E-state index is 10.7. The van der Waals surface area contributed by atoms with Crippen molar-refractivity contribution < 1.29 is 9.90 Å². The minimum Gasteiger partial charge on any atom is -0.480 e. The molecule has 0 heterocycles. The van der Waals surface area contributed by atoms with E-state index in [1.54, 1.807) is 0 Å². The number of hydrogen-bond donors (Lipinski definition) is 3. The third-order valence-electron chi connectivity index (χ3n) is 2.38. The monoisotopic (exact) mass is 225 g/mol. The van der Waals surface area contributed by atoms with Gasteiger partial charge in [-0.2, -0.15) is 12.6 Å². The molecule has 0 spiro atoms. The smallest absolute Gasteiger partial charge is 0.321 e. The number of carboxylic acid groups (broad SMARTS) is 1. The van der Waals surface area contributed by atoms with Crippen LogP contribution in [0.15, 0.2) is 18.2 Å². The van der Waals surface area contributed by atoms with Gasteiger partial charge in [-0.05, 0) is 25.0 Å². The standard InChI is InChI=1S/C11H15NO2S/c1-6-3-4-7(2)8(5-6)10(15)9(12)11(13)14/h3-5,9-10,15H,12H2,1-2H3,(H,13,14). The van der Waals surface area contributed by atoms with Crippen LogP contribution in [0.4, 0.5) is 0 Å². The van der Waals surface area contributed by atoms with E-state index in [-0.39, 0.29) is 0 Å². The van der Waals surface area contributed by atoms with Crippen molar-refractivity contribution in [2.45, 2.75) is 25.1 Å². The van der Waals surface area contributed by atoms with Crippen molar-refractivity contribution in [1.82, 2.24) is 0 Å². The van der Waals surface area contributed by atoms with Gasteiger partial charge in [0, 0.05) is 0 Å². The number of aliphatic carboxylic acids is 1. The Hall–Kier alpha value is -1.00. The van der Waals surface area contributed by atoms with Gasteiger partial charge in [-0.25, -0.2) is 0 Å². The molecule has 0 aliphatic heterocycles. The van der Waals surface area contributed by atoms with E-state index < -0.39 is 17.3 Å². The first kappa shape index (κ1) is 12.1. The number of thiol groups is 1. The van der Waals surface area contributed by atoms with E-state index in [1.807, 2.05) is 32.0 Å². The van der Waals surface area contributed by atoms with Gasteiger partial charge < -0.3 is 10.8 Å². The molecule has 0 aliphatic carbocycles. The Morgan fingerprint density at radius 1 is 1.47 bits per heavy atom. The molecule has 3 nitrogen and oxygen atoms in total. The lowest BCUT2D eigenvalue weighted by molar-refractivity contribution is -0.138. The Morgan fingerprint density at radius 2 is 2.07 bits per heavy atom. The van der Waals surface area contributed by atoms with E-state index in [9.17, 15) is 4.79 Å². The molecule has 82 valence electrons. The number of benzene rings is 1. The topological polar surface area (TPSA) is 63.3 Å². The molecule has 0 bridgehead atoms. The normalized spacial score (nSPS) is 14.7. The zero-order valence-corrected chi connectivity index (χ0v) is 9.66. The van der Waals surface area contributed by atoms with Crippen molar-refractivity contribution in [3.05, 3.63) is 34.9 Å². The molecule has 2 atom stereocenters. The summed E-state index contributed by atoms with van der Waals surface area (Å²) >= 11 is 4.27. The average Bonchev–Trinajstić information content (AvgIpc) is 2.19. The fourth-order valence-corrected chi connectivity index (χ4v) is 1.81. The molecule has 2 unspecified atom stereocenters. The highest BCUT2D eigenvalue weighted by Crippen LogP contribution is 2.26. The van der Waals surface area contributed by atoms with Gasteiger partial charge in [0.15, 0.2) is 0 Å². The van der Waals surface area contributed by atoms with Gasteiger partial charge in [0.1, 0.15) is 6.04 Å². The zero-order chi connectivity index (χ0) is 11.6. The molecule has 0 aliphatic rings. The summed E-state index contributed by atoms with van der Waals surface area (Å²) in [5.41, 5.74) is 8.51. The van der Waals surface area contributed by atoms with E-state index in [4.69, 9.17) is 10.8 Å².